The van der Waals surface area contributed by atoms with Gasteiger partial charge in [0.05, 0.1) is 0 Å². The van der Waals surface area contributed by atoms with Gasteiger partial charge in [-0.05, 0) is 50.2 Å². The van der Waals surface area contributed by atoms with Gasteiger partial charge >= 0.3 is 0 Å². The minimum Gasteiger partial charge on any atom is -0.326 e. The van der Waals surface area contributed by atoms with Crippen LogP contribution in [-0.2, 0) is 0 Å². The zero-order valence-electron chi connectivity index (χ0n) is 13.7. The van der Waals surface area contributed by atoms with Gasteiger partial charge in [-0.1, -0.05) is 34.1 Å². The minimum atomic E-state index is 0.599. The molecule has 1 N–H and O–H groups in total. The number of halogens is 1. The first kappa shape index (κ1) is 16.5. The lowest BCUT2D eigenvalue weighted by molar-refractivity contribution is 0.969. The van der Waals surface area contributed by atoms with Crippen LogP contribution in [0.25, 0.3) is 0 Å². The number of nitrogens with one attached hydrogen (secondary N) is 1. The number of benzene rings is 2. The van der Waals surface area contributed by atoms with E-state index in [0.29, 0.717) is 5.95 Å². The highest BCUT2D eigenvalue weighted by Gasteiger charge is 2.11. The van der Waals surface area contributed by atoms with Gasteiger partial charge in [0, 0.05) is 34.2 Å². The predicted octanol–water partition coefficient (Wildman–Crippen LogP) is 5.45. The van der Waals surface area contributed by atoms with E-state index >= 15 is 0 Å². The molecule has 0 fully saturated rings. The van der Waals surface area contributed by atoms with Crippen LogP contribution in [-0.4, -0.2) is 16.5 Å². The number of hydrogen-bond donors (Lipinski definition) is 1. The van der Waals surface area contributed by atoms with Crippen molar-refractivity contribution >= 4 is 39.1 Å². The van der Waals surface area contributed by atoms with E-state index in [9.17, 15) is 0 Å². The molecule has 3 aromatic rings. The Morgan fingerprint density at radius 3 is 2.38 bits per heavy atom. The standard InChI is InChI=1S/C19H19BrN4/c1-3-24(17-7-5-4-6-8-17)18-13-14(2)21-19(23-18)22-16-11-9-15(20)10-12-16/h4-13H,3H2,1-2H3,(H,21,22,23). The van der Waals surface area contributed by atoms with E-state index in [2.05, 4.69) is 50.2 Å². The predicted molar refractivity (Wildman–Crippen MR) is 103 cm³/mol. The summed E-state index contributed by atoms with van der Waals surface area (Å²) < 4.78 is 1.04. The molecule has 4 nitrogen and oxygen atoms in total. The van der Waals surface area contributed by atoms with E-state index < -0.39 is 0 Å². The lowest BCUT2D eigenvalue weighted by Crippen LogP contribution is -2.18. The third-order valence-corrected chi connectivity index (χ3v) is 4.13. The molecule has 0 aliphatic carbocycles. The molecule has 0 amide bonds. The van der Waals surface area contributed by atoms with Crippen molar-refractivity contribution in [3.63, 3.8) is 0 Å². The third kappa shape index (κ3) is 3.92. The van der Waals surface area contributed by atoms with Crippen molar-refractivity contribution in [2.75, 3.05) is 16.8 Å². The lowest BCUT2D eigenvalue weighted by Gasteiger charge is -2.23. The molecule has 122 valence electrons. The maximum Gasteiger partial charge on any atom is 0.229 e. The van der Waals surface area contributed by atoms with Gasteiger partial charge in [0.25, 0.3) is 0 Å². The molecule has 0 saturated carbocycles. The highest BCUT2D eigenvalue weighted by molar-refractivity contribution is 9.10. The second-order valence-electron chi connectivity index (χ2n) is 5.40. The zero-order chi connectivity index (χ0) is 16.9. The molecule has 0 aliphatic heterocycles. The number of anilines is 4. The minimum absolute atomic E-state index is 0.599. The summed E-state index contributed by atoms with van der Waals surface area (Å²) >= 11 is 3.44. The van der Waals surface area contributed by atoms with Crippen LogP contribution in [0.15, 0.2) is 65.1 Å². The summed E-state index contributed by atoms with van der Waals surface area (Å²) in [4.78, 5) is 11.4. The molecule has 3 rings (SSSR count). The smallest absolute Gasteiger partial charge is 0.229 e. The fraction of sp³-hybridized carbons (Fsp3) is 0.158. The van der Waals surface area contributed by atoms with Crippen LogP contribution in [0.4, 0.5) is 23.1 Å². The van der Waals surface area contributed by atoms with Crippen molar-refractivity contribution < 1.29 is 0 Å². The van der Waals surface area contributed by atoms with Gasteiger partial charge in [-0.2, -0.15) is 4.98 Å². The molecular formula is C19H19BrN4. The SMILES string of the molecule is CCN(c1ccccc1)c1cc(C)nc(Nc2ccc(Br)cc2)n1. The molecule has 0 unspecified atom stereocenters. The highest BCUT2D eigenvalue weighted by Crippen LogP contribution is 2.25. The van der Waals surface area contributed by atoms with E-state index in [4.69, 9.17) is 4.98 Å². The summed E-state index contributed by atoms with van der Waals surface area (Å²) in [6.45, 7) is 4.93. The van der Waals surface area contributed by atoms with Crippen LogP contribution in [0, 0.1) is 6.92 Å². The van der Waals surface area contributed by atoms with Gasteiger partial charge in [0.15, 0.2) is 0 Å². The second-order valence-corrected chi connectivity index (χ2v) is 6.32. The Morgan fingerprint density at radius 1 is 1.00 bits per heavy atom. The summed E-state index contributed by atoms with van der Waals surface area (Å²) in [7, 11) is 0. The Morgan fingerprint density at radius 2 is 1.71 bits per heavy atom. The Labute approximate surface area is 150 Å². The first-order valence-corrected chi connectivity index (χ1v) is 8.66. The molecule has 0 aliphatic rings. The van der Waals surface area contributed by atoms with Crippen molar-refractivity contribution in [2.24, 2.45) is 0 Å². The highest BCUT2D eigenvalue weighted by atomic mass is 79.9. The Kier molecular flexibility index (Phi) is 5.11. The fourth-order valence-electron chi connectivity index (χ4n) is 2.49. The number of aryl methyl sites for hydroxylation is 1. The molecule has 0 saturated heterocycles. The number of hydrogen-bond acceptors (Lipinski definition) is 4. The zero-order valence-corrected chi connectivity index (χ0v) is 15.3. The van der Waals surface area contributed by atoms with Gasteiger partial charge < -0.3 is 10.2 Å². The van der Waals surface area contributed by atoms with Crippen molar-refractivity contribution in [3.05, 3.63) is 70.8 Å². The average molecular weight is 383 g/mol. The molecule has 0 bridgehead atoms. The van der Waals surface area contributed by atoms with Crippen LogP contribution in [0.5, 0.6) is 0 Å². The van der Waals surface area contributed by atoms with Crippen molar-refractivity contribution in [1.82, 2.24) is 9.97 Å². The number of rotatable bonds is 5. The number of nitrogens with zero attached hydrogens (tertiary/aromatic N) is 3. The first-order valence-electron chi connectivity index (χ1n) is 7.86. The molecule has 1 aromatic heterocycles. The van der Waals surface area contributed by atoms with Crippen molar-refractivity contribution in [2.45, 2.75) is 13.8 Å². The topological polar surface area (TPSA) is 41.1 Å². The Hall–Kier alpha value is -2.40. The van der Waals surface area contributed by atoms with E-state index in [-0.39, 0.29) is 0 Å². The maximum atomic E-state index is 4.69. The monoisotopic (exact) mass is 382 g/mol. The molecule has 1 heterocycles. The lowest BCUT2D eigenvalue weighted by atomic mass is 10.2. The fourth-order valence-corrected chi connectivity index (χ4v) is 2.76. The molecule has 0 spiro atoms. The largest absolute Gasteiger partial charge is 0.326 e. The third-order valence-electron chi connectivity index (χ3n) is 3.60. The van der Waals surface area contributed by atoms with Crippen LogP contribution in [0.2, 0.25) is 0 Å². The normalized spacial score (nSPS) is 10.5. The summed E-state index contributed by atoms with van der Waals surface area (Å²) in [5.41, 5.74) is 3.00. The number of para-hydroxylation sites is 1. The molecule has 5 heteroatoms. The van der Waals surface area contributed by atoms with E-state index in [1.165, 1.54) is 0 Å². The maximum absolute atomic E-state index is 4.69. The molecule has 24 heavy (non-hydrogen) atoms. The molecule has 0 atom stereocenters. The van der Waals surface area contributed by atoms with Gasteiger partial charge in [-0.25, -0.2) is 4.98 Å². The van der Waals surface area contributed by atoms with Crippen LogP contribution >= 0.6 is 15.9 Å². The first-order chi connectivity index (χ1) is 11.7. The van der Waals surface area contributed by atoms with Crippen molar-refractivity contribution in [3.8, 4) is 0 Å². The Bertz CT molecular complexity index is 803. The van der Waals surface area contributed by atoms with Crippen molar-refractivity contribution in [1.29, 1.82) is 0 Å². The van der Waals surface area contributed by atoms with E-state index in [1.54, 1.807) is 0 Å². The van der Waals surface area contributed by atoms with Crippen LogP contribution in [0.1, 0.15) is 12.6 Å². The summed E-state index contributed by atoms with van der Waals surface area (Å²) in [6, 6.07) is 20.2. The number of aromatic nitrogens is 2. The van der Waals surface area contributed by atoms with E-state index in [1.807, 2.05) is 55.5 Å². The van der Waals surface area contributed by atoms with Gasteiger partial charge in [-0.3, -0.25) is 0 Å². The van der Waals surface area contributed by atoms with Crippen LogP contribution in [0.3, 0.4) is 0 Å². The summed E-state index contributed by atoms with van der Waals surface area (Å²) in [5, 5.41) is 3.27. The van der Waals surface area contributed by atoms with E-state index in [0.717, 1.165) is 33.9 Å². The Balaban J connectivity index is 1.92. The molecule has 0 radical (unpaired) electrons. The molecular weight excluding hydrogens is 364 g/mol. The second kappa shape index (κ2) is 7.45. The molecule has 2 aromatic carbocycles. The van der Waals surface area contributed by atoms with Gasteiger partial charge in [0.1, 0.15) is 5.82 Å². The van der Waals surface area contributed by atoms with Gasteiger partial charge in [0.2, 0.25) is 5.95 Å². The average Bonchev–Trinajstić information content (AvgIpc) is 2.58. The quantitative estimate of drug-likeness (QED) is 0.636. The summed E-state index contributed by atoms with van der Waals surface area (Å²) in [6.07, 6.45) is 0. The van der Waals surface area contributed by atoms with Crippen LogP contribution < -0.4 is 10.2 Å². The van der Waals surface area contributed by atoms with Gasteiger partial charge in [-0.15, -0.1) is 0 Å². The summed E-state index contributed by atoms with van der Waals surface area (Å²) in [5.74, 6) is 1.48.